The van der Waals surface area contributed by atoms with Crippen molar-refractivity contribution in [3.63, 3.8) is 0 Å². The highest BCUT2D eigenvalue weighted by atomic mass is 16.5. The number of nitrogens with one attached hydrogen (secondary N) is 1. The van der Waals surface area contributed by atoms with Crippen LogP contribution < -0.4 is 5.32 Å². The fraction of sp³-hybridized carbons (Fsp3) is 0.263. The lowest BCUT2D eigenvalue weighted by atomic mass is 9.98. The molecule has 124 valence electrons. The topological polar surface area (TPSA) is 64.6 Å². The van der Waals surface area contributed by atoms with Crippen LogP contribution in [0.2, 0.25) is 0 Å². The molecule has 0 aromatic heterocycles. The molecule has 1 aliphatic carbocycles. The summed E-state index contributed by atoms with van der Waals surface area (Å²) in [7, 11) is 0. The molecule has 5 heteroatoms. The number of ether oxygens (including phenoxy) is 2. The summed E-state index contributed by atoms with van der Waals surface area (Å²) in [6.07, 6.45) is 0.194. The van der Waals surface area contributed by atoms with Crippen LogP contribution in [0.1, 0.15) is 17.0 Å². The van der Waals surface area contributed by atoms with Gasteiger partial charge in [-0.3, -0.25) is 0 Å². The van der Waals surface area contributed by atoms with E-state index in [1.807, 2.05) is 24.3 Å². The van der Waals surface area contributed by atoms with Gasteiger partial charge in [-0.15, -0.1) is 0 Å². The van der Waals surface area contributed by atoms with Crippen LogP contribution in [-0.2, 0) is 14.3 Å². The predicted octanol–water partition coefficient (Wildman–Crippen LogP) is 2.74. The molecule has 0 atom stereocenters. The van der Waals surface area contributed by atoms with Crippen molar-refractivity contribution in [2.75, 3.05) is 26.4 Å². The third kappa shape index (κ3) is 3.46. The summed E-state index contributed by atoms with van der Waals surface area (Å²) >= 11 is 0. The molecule has 3 rings (SSSR count). The van der Waals surface area contributed by atoms with Gasteiger partial charge in [-0.05, 0) is 22.3 Å². The molecule has 0 radical (unpaired) electrons. The second kappa shape index (κ2) is 7.75. The summed E-state index contributed by atoms with van der Waals surface area (Å²) in [5.74, 6) is 0.0504. The molecule has 2 aromatic carbocycles. The number of rotatable bonds is 7. The fourth-order valence-electron chi connectivity index (χ4n) is 3.01. The number of amides is 1. The molecule has 0 bridgehead atoms. The average molecular weight is 325 g/mol. The molecule has 2 aromatic rings. The molecular formula is C19H19NO4. The molecule has 0 saturated heterocycles. The van der Waals surface area contributed by atoms with E-state index in [0.29, 0.717) is 12.8 Å². The van der Waals surface area contributed by atoms with E-state index in [-0.39, 0.29) is 25.7 Å². The second-order valence-corrected chi connectivity index (χ2v) is 5.49. The van der Waals surface area contributed by atoms with Crippen molar-refractivity contribution in [1.82, 2.24) is 5.32 Å². The minimum absolute atomic E-state index is 0.0341. The number of fused-ring (bicyclic) bond motifs is 3. The van der Waals surface area contributed by atoms with E-state index in [9.17, 15) is 9.59 Å². The molecule has 0 fully saturated rings. The lowest BCUT2D eigenvalue weighted by Crippen LogP contribution is -2.29. The Morgan fingerprint density at radius 3 is 2.29 bits per heavy atom. The lowest BCUT2D eigenvalue weighted by Gasteiger charge is -2.14. The van der Waals surface area contributed by atoms with Crippen LogP contribution in [-0.4, -0.2) is 38.7 Å². The molecule has 1 aliphatic rings. The Labute approximate surface area is 140 Å². The van der Waals surface area contributed by atoms with Crippen molar-refractivity contribution >= 4 is 12.4 Å². The Hall–Kier alpha value is -2.66. The minimum Gasteiger partial charge on any atom is -0.449 e. The van der Waals surface area contributed by atoms with Gasteiger partial charge in [0.15, 0.2) is 0 Å². The van der Waals surface area contributed by atoms with E-state index in [1.54, 1.807) is 0 Å². The summed E-state index contributed by atoms with van der Waals surface area (Å²) in [5, 5.41) is 2.61. The number of carbonyl (C=O) groups excluding carboxylic acids is 2. The lowest BCUT2D eigenvalue weighted by molar-refractivity contribution is -0.111. The van der Waals surface area contributed by atoms with Gasteiger partial charge >= 0.3 is 6.09 Å². The Balaban J connectivity index is 1.59. The Morgan fingerprint density at radius 2 is 1.67 bits per heavy atom. The Kier molecular flexibility index (Phi) is 5.23. The van der Waals surface area contributed by atoms with Crippen molar-refractivity contribution in [2.24, 2.45) is 0 Å². The standard InChI is InChI=1S/C19H19NO4/c21-10-12-23-11-9-20-19(22)24-13-18-16-7-3-1-5-14(16)15-6-2-4-8-17(15)18/h1-8,10,18H,9,11-13H2,(H,20,22). The van der Waals surface area contributed by atoms with Gasteiger partial charge in [-0.25, -0.2) is 4.79 Å². The summed E-state index contributed by atoms with van der Waals surface area (Å²) in [5.41, 5.74) is 4.76. The van der Waals surface area contributed by atoms with Crippen LogP contribution in [0.3, 0.4) is 0 Å². The first kappa shape index (κ1) is 16.2. The van der Waals surface area contributed by atoms with Gasteiger partial charge < -0.3 is 19.6 Å². The number of benzene rings is 2. The molecule has 0 unspecified atom stereocenters. The largest absolute Gasteiger partial charge is 0.449 e. The number of carbonyl (C=O) groups is 2. The van der Waals surface area contributed by atoms with E-state index >= 15 is 0 Å². The first-order chi connectivity index (χ1) is 11.8. The van der Waals surface area contributed by atoms with E-state index in [4.69, 9.17) is 9.47 Å². The van der Waals surface area contributed by atoms with Crippen LogP contribution in [0.4, 0.5) is 4.79 Å². The minimum atomic E-state index is -0.480. The van der Waals surface area contributed by atoms with Crippen LogP contribution in [0.5, 0.6) is 0 Å². The van der Waals surface area contributed by atoms with Crippen LogP contribution in [0, 0.1) is 0 Å². The second-order valence-electron chi connectivity index (χ2n) is 5.49. The SMILES string of the molecule is O=CCOCCNC(=O)OCC1c2ccccc2-c2ccccc21. The highest BCUT2D eigenvalue weighted by Gasteiger charge is 2.28. The molecule has 24 heavy (non-hydrogen) atoms. The van der Waals surface area contributed by atoms with Gasteiger partial charge in [-0.2, -0.15) is 0 Å². The highest BCUT2D eigenvalue weighted by Crippen LogP contribution is 2.44. The van der Waals surface area contributed by atoms with E-state index in [2.05, 4.69) is 29.6 Å². The molecule has 0 aliphatic heterocycles. The fourth-order valence-corrected chi connectivity index (χ4v) is 3.01. The van der Waals surface area contributed by atoms with Crippen molar-refractivity contribution in [3.8, 4) is 11.1 Å². The van der Waals surface area contributed by atoms with Crippen molar-refractivity contribution in [1.29, 1.82) is 0 Å². The van der Waals surface area contributed by atoms with Gasteiger partial charge in [-0.1, -0.05) is 48.5 Å². The molecule has 1 N–H and O–H groups in total. The monoisotopic (exact) mass is 325 g/mol. The summed E-state index contributed by atoms with van der Waals surface area (Å²) in [6, 6.07) is 16.4. The van der Waals surface area contributed by atoms with Gasteiger partial charge in [0.25, 0.3) is 0 Å². The highest BCUT2D eigenvalue weighted by molar-refractivity contribution is 5.79. The maximum absolute atomic E-state index is 11.8. The van der Waals surface area contributed by atoms with Crippen molar-refractivity contribution < 1.29 is 19.1 Å². The quantitative estimate of drug-likeness (QED) is 0.628. The predicted molar refractivity (Wildman–Crippen MR) is 90.0 cm³/mol. The zero-order valence-electron chi connectivity index (χ0n) is 13.2. The summed E-state index contributed by atoms with van der Waals surface area (Å²) in [4.78, 5) is 21.9. The number of hydrogen-bond acceptors (Lipinski definition) is 4. The average Bonchev–Trinajstić information content (AvgIpc) is 2.94. The van der Waals surface area contributed by atoms with Gasteiger partial charge in [0.1, 0.15) is 19.5 Å². The molecule has 0 spiro atoms. The zero-order valence-corrected chi connectivity index (χ0v) is 13.2. The Bertz CT molecular complexity index is 683. The molecule has 0 heterocycles. The van der Waals surface area contributed by atoms with Crippen LogP contribution in [0.25, 0.3) is 11.1 Å². The third-order valence-corrected chi connectivity index (χ3v) is 4.05. The van der Waals surface area contributed by atoms with Crippen LogP contribution >= 0.6 is 0 Å². The van der Waals surface area contributed by atoms with Crippen LogP contribution in [0.15, 0.2) is 48.5 Å². The first-order valence-electron chi connectivity index (χ1n) is 7.91. The third-order valence-electron chi connectivity index (χ3n) is 4.05. The van der Waals surface area contributed by atoms with Gasteiger partial charge in [0.2, 0.25) is 0 Å². The zero-order chi connectivity index (χ0) is 16.8. The number of hydrogen-bond donors (Lipinski definition) is 1. The summed E-state index contributed by atoms with van der Waals surface area (Å²) < 4.78 is 10.3. The molecule has 5 nitrogen and oxygen atoms in total. The van der Waals surface area contributed by atoms with Crippen molar-refractivity contribution in [3.05, 3.63) is 59.7 Å². The van der Waals surface area contributed by atoms with Gasteiger partial charge in [0, 0.05) is 12.5 Å². The number of alkyl carbamates (subject to hydrolysis) is 1. The molecule has 1 amide bonds. The van der Waals surface area contributed by atoms with E-state index < -0.39 is 6.09 Å². The molecular weight excluding hydrogens is 306 g/mol. The molecule has 0 saturated carbocycles. The smallest absolute Gasteiger partial charge is 0.407 e. The van der Waals surface area contributed by atoms with Crippen molar-refractivity contribution in [2.45, 2.75) is 5.92 Å². The first-order valence-corrected chi connectivity index (χ1v) is 7.91. The number of aldehydes is 1. The summed E-state index contributed by atoms with van der Waals surface area (Å²) in [6.45, 7) is 0.912. The normalized spacial score (nSPS) is 12.3. The maximum Gasteiger partial charge on any atom is 0.407 e. The van der Waals surface area contributed by atoms with E-state index in [1.165, 1.54) is 22.3 Å². The van der Waals surface area contributed by atoms with Gasteiger partial charge in [0.05, 0.1) is 6.61 Å². The Morgan fingerprint density at radius 1 is 1.04 bits per heavy atom. The van der Waals surface area contributed by atoms with E-state index in [0.717, 1.165) is 0 Å². The maximum atomic E-state index is 11.8.